The van der Waals surface area contributed by atoms with E-state index in [0.29, 0.717) is 0 Å². The lowest BCUT2D eigenvalue weighted by molar-refractivity contribution is -0.144. The van der Waals surface area contributed by atoms with Crippen LogP contribution in [-0.2, 0) is 14.3 Å². The number of nitrogens with one attached hydrogen (secondary N) is 1. The molecule has 0 aliphatic rings. The topological polar surface area (TPSA) is 55.4 Å². The molecule has 0 aliphatic heterocycles. The van der Waals surface area contributed by atoms with Gasteiger partial charge in [0.15, 0.2) is 5.16 Å². The summed E-state index contributed by atoms with van der Waals surface area (Å²) in [5.41, 5.74) is 0. The van der Waals surface area contributed by atoms with E-state index in [0.717, 1.165) is 16.7 Å². The van der Waals surface area contributed by atoms with Crippen LogP contribution in [0.15, 0.2) is 10.1 Å². The lowest BCUT2D eigenvalue weighted by Crippen LogP contribution is -2.42. The van der Waals surface area contributed by atoms with Gasteiger partial charge >= 0.3 is 5.97 Å². The van der Waals surface area contributed by atoms with Crippen LogP contribution in [0.25, 0.3) is 0 Å². The highest BCUT2D eigenvalue weighted by molar-refractivity contribution is 9.11. The number of thioether (sulfide) groups is 1. The van der Waals surface area contributed by atoms with Crippen LogP contribution < -0.4 is 5.32 Å². The highest BCUT2D eigenvalue weighted by Crippen LogP contribution is 2.19. The summed E-state index contributed by atoms with van der Waals surface area (Å²) >= 11 is 3.61. The lowest BCUT2D eigenvalue weighted by Gasteiger charge is -2.13. The predicted octanol–water partition coefficient (Wildman–Crippen LogP) is 1.56. The smallest absolute Gasteiger partial charge is 0.329 e. The molecule has 0 heterocycles. The third kappa shape index (κ3) is 6.51. The fraction of sp³-hybridized carbons (Fsp3) is 0.500. The summed E-state index contributed by atoms with van der Waals surface area (Å²) in [6.07, 6.45) is 0. The molecule has 0 saturated carbocycles. The van der Waals surface area contributed by atoms with Crippen LogP contribution in [0.3, 0.4) is 0 Å². The molecule has 0 spiro atoms. The van der Waals surface area contributed by atoms with Crippen LogP contribution in [0.2, 0.25) is 0 Å². The van der Waals surface area contributed by atoms with Crippen LogP contribution >= 0.6 is 27.7 Å². The van der Waals surface area contributed by atoms with E-state index >= 15 is 0 Å². The molecule has 1 atom stereocenters. The number of carbonyl (C=O) groups is 2. The summed E-state index contributed by atoms with van der Waals surface area (Å²) in [5, 5.41) is 1.89. The third-order valence-electron chi connectivity index (χ3n) is 1.34. The van der Waals surface area contributed by atoms with Crippen LogP contribution in [0.5, 0.6) is 0 Å². The zero-order chi connectivity index (χ0) is 11.8. The minimum atomic E-state index is -0.837. The number of ether oxygens (including phenoxy) is 1. The number of carbonyl (C=O) groups excluding carboxylic acids is 2. The van der Waals surface area contributed by atoms with Crippen molar-refractivity contribution >= 4 is 39.6 Å². The highest BCUT2D eigenvalue weighted by Gasteiger charge is 2.20. The molecule has 1 N–H and O–H groups in total. The molecule has 0 rings (SSSR count). The van der Waals surface area contributed by atoms with E-state index < -0.39 is 17.2 Å². The Balaban J connectivity index is 4.25. The predicted molar refractivity (Wildman–Crippen MR) is 60.2 cm³/mol. The second-order valence-corrected chi connectivity index (χ2v) is 3.97. The molecule has 0 radical (unpaired) electrons. The lowest BCUT2D eigenvalue weighted by atomic mass is 10.3. The van der Waals surface area contributed by atoms with Gasteiger partial charge in [0.05, 0.1) is 7.11 Å². The highest BCUT2D eigenvalue weighted by atomic mass is 79.9. The molecule has 1 unspecified atom stereocenters. The monoisotopic (exact) mass is 299 g/mol. The van der Waals surface area contributed by atoms with Gasteiger partial charge in [0.1, 0.15) is 6.04 Å². The van der Waals surface area contributed by atoms with Crippen LogP contribution in [-0.4, -0.2) is 30.8 Å². The molecule has 1 amide bonds. The standard InChI is InChI=1S/C8H11BrFNO3S/c1-5(12)11-6(8(13)14-2)4-15-7(10)3-9/h3,6H,4H2,1-2H3,(H,11,12). The van der Waals surface area contributed by atoms with Gasteiger partial charge in [0, 0.05) is 17.7 Å². The van der Waals surface area contributed by atoms with Crippen molar-refractivity contribution in [2.75, 3.05) is 12.9 Å². The third-order valence-corrected chi connectivity index (χ3v) is 2.94. The number of hydrogen-bond donors (Lipinski definition) is 1. The largest absolute Gasteiger partial charge is 0.467 e. The van der Waals surface area contributed by atoms with E-state index in [1.165, 1.54) is 14.0 Å². The Morgan fingerprint density at radius 3 is 2.67 bits per heavy atom. The number of rotatable bonds is 5. The molecule has 4 nitrogen and oxygen atoms in total. The number of hydrogen-bond acceptors (Lipinski definition) is 4. The Bertz CT molecular complexity index is 273. The molecule has 86 valence electrons. The average molecular weight is 300 g/mol. The van der Waals surface area contributed by atoms with Gasteiger partial charge in [0.2, 0.25) is 5.91 Å². The van der Waals surface area contributed by atoms with Gasteiger partial charge in [-0.05, 0) is 0 Å². The average Bonchev–Trinajstić information content (AvgIpc) is 2.21. The molecule has 0 fully saturated rings. The first-order chi connectivity index (χ1) is 7.01. The van der Waals surface area contributed by atoms with Crippen molar-refractivity contribution in [3.63, 3.8) is 0 Å². The van der Waals surface area contributed by atoms with Gasteiger partial charge in [-0.2, -0.15) is 4.39 Å². The second kappa shape index (κ2) is 7.70. The van der Waals surface area contributed by atoms with E-state index in [2.05, 4.69) is 26.0 Å². The van der Waals surface area contributed by atoms with Crippen LogP contribution in [0, 0.1) is 0 Å². The normalized spacial score (nSPS) is 13.2. The zero-order valence-corrected chi connectivity index (χ0v) is 10.7. The first-order valence-corrected chi connectivity index (χ1v) is 5.85. The molecular weight excluding hydrogens is 289 g/mol. The number of amides is 1. The summed E-state index contributed by atoms with van der Waals surface area (Å²) in [7, 11) is 1.21. The molecule has 0 bridgehead atoms. The summed E-state index contributed by atoms with van der Waals surface area (Å²) < 4.78 is 17.2. The van der Waals surface area contributed by atoms with Crippen molar-refractivity contribution in [3.8, 4) is 0 Å². The SMILES string of the molecule is COC(=O)C(CSC(F)=CBr)NC(C)=O. The first kappa shape index (κ1) is 14.4. The Morgan fingerprint density at radius 1 is 1.67 bits per heavy atom. The van der Waals surface area contributed by atoms with Crippen LogP contribution in [0.4, 0.5) is 4.39 Å². The van der Waals surface area contributed by atoms with Gasteiger partial charge in [-0.15, -0.1) is 0 Å². The Hall–Kier alpha value is -0.560. The van der Waals surface area contributed by atoms with Gasteiger partial charge in [-0.1, -0.05) is 27.7 Å². The molecule has 0 aliphatic carbocycles. The first-order valence-electron chi connectivity index (χ1n) is 3.94. The molecule has 15 heavy (non-hydrogen) atoms. The van der Waals surface area contributed by atoms with E-state index in [1.54, 1.807) is 0 Å². The summed E-state index contributed by atoms with van der Waals surface area (Å²) in [4.78, 5) is 23.0. The van der Waals surface area contributed by atoms with Gasteiger partial charge in [0.25, 0.3) is 0 Å². The van der Waals surface area contributed by atoms with E-state index in [9.17, 15) is 14.0 Å². The van der Waals surface area contributed by atoms with Crippen LogP contribution in [0.1, 0.15) is 6.92 Å². The molecule has 0 aromatic carbocycles. The minimum absolute atomic E-state index is 0.0835. The molecule has 0 aromatic heterocycles. The maximum Gasteiger partial charge on any atom is 0.329 e. The quantitative estimate of drug-likeness (QED) is 0.783. The summed E-state index contributed by atoms with van der Waals surface area (Å²) in [6, 6.07) is -0.837. The van der Waals surface area contributed by atoms with Crippen molar-refractivity contribution < 1.29 is 18.7 Å². The number of esters is 1. The zero-order valence-electron chi connectivity index (χ0n) is 8.25. The van der Waals surface area contributed by atoms with E-state index in [-0.39, 0.29) is 11.7 Å². The fourth-order valence-electron chi connectivity index (χ4n) is 0.751. The van der Waals surface area contributed by atoms with Crippen molar-refractivity contribution in [3.05, 3.63) is 10.1 Å². The van der Waals surface area contributed by atoms with Crippen molar-refractivity contribution in [2.45, 2.75) is 13.0 Å². The summed E-state index contributed by atoms with van der Waals surface area (Å²) in [5.74, 6) is -0.880. The second-order valence-electron chi connectivity index (χ2n) is 2.50. The van der Waals surface area contributed by atoms with Crippen molar-refractivity contribution in [2.24, 2.45) is 0 Å². The Morgan fingerprint density at radius 2 is 2.27 bits per heavy atom. The van der Waals surface area contributed by atoms with Crippen molar-refractivity contribution in [1.29, 1.82) is 0 Å². The minimum Gasteiger partial charge on any atom is -0.467 e. The Kier molecular flexibility index (Phi) is 7.41. The number of methoxy groups -OCH3 is 1. The maximum absolute atomic E-state index is 12.7. The van der Waals surface area contributed by atoms with E-state index in [1.807, 2.05) is 0 Å². The fourth-order valence-corrected chi connectivity index (χ4v) is 1.76. The summed E-state index contributed by atoms with van der Waals surface area (Å²) in [6.45, 7) is 1.28. The van der Waals surface area contributed by atoms with Gasteiger partial charge in [-0.25, -0.2) is 4.79 Å². The number of halogens is 2. The molecule has 0 aromatic rings. The molecule has 0 saturated heterocycles. The van der Waals surface area contributed by atoms with Crippen molar-refractivity contribution in [1.82, 2.24) is 5.32 Å². The molecular formula is C8H11BrFNO3S. The van der Waals surface area contributed by atoms with Gasteiger partial charge in [-0.3, -0.25) is 4.79 Å². The van der Waals surface area contributed by atoms with Gasteiger partial charge < -0.3 is 10.1 Å². The maximum atomic E-state index is 12.7. The molecule has 7 heteroatoms. The Labute approximate surface area is 99.7 Å². The van der Waals surface area contributed by atoms with E-state index in [4.69, 9.17) is 0 Å².